The number of aliphatic carboxylic acids is 1. The molecule has 2 aromatic carbocycles. The highest BCUT2D eigenvalue weighted by molar-refractivity contribution is 5.78. The molecule has 0 saturated carbocycles. The van der Waals surface area contributed by atoms with Crippen molar-refractivity contribution in [3.63, 3.8) is 0 Å². The number of alkyl halides is 2. The zero-order chi connectivity index (χ0) is 24.5. The Balaban J connectivity index is 1.71. The molecule has 0 aliphatic carbocycles. The second-order valence-corrected chi connectivity index (χ2v) is 9.27. The molecule has 2 N–H and O–H groups in total. The normalized spacial score (nSPS) is 17.4. The summed E-state index contributed by atoms with van der Waals surface area (Å²) in [6.07, 6.45) is -1.91. The maximum atomic E-state index is 13.5. The van der Waals surface area contributed by atoms with Gasteiger partial charge < -0.3 is 29.5 Å². The van der Waals surface area contributed by atoms with E-state index in [1.165, 1.54) is 12.1 Å². The van der Waals surface area contributed by atoms with Crippen LogP contribution in [0.3, 0.4) is 0 Å². The second-order valence-electron chi connectivity index (χ2n) is 9.27. The molecule has 0 bridgehead atoms. The molecule has 0 atom stereocenters. The standard InChI is InChI=1S/C25H30F2N2O5/c1-4-29(18-9-11-32-12-10-18)20-7-5-16(24(2,3)15-23(30)31)13-19(20)28-17-6-8-21-22(14-17)34-25(26,27)33-21/h5-8,13-14,18,28H,4,9-12,15H2,1-3H3,(H,30,31). The lowest BCUT2D eigenvalue weighted by molar-refractivity contribution is -0.286. The van der Waals surface area contributed by atoms with Crippen molar-refractivity contribution < 1.29 is 32.9 Å². The van der Waals surface area contributed by atoms with Crippen LogP contribution in [0.4, 0.5) is 25.8 Å². The summed E-state index contributed by atoms with van der Waals surface area (Å²) < 4.78 is 41.6. The highest BCUT2D eigenvalue weighted by atomic mass is 19.3. The lowest BCUT2D eigenvalue weighted by atomic mass is 9.81. The maximum Gasteiger partial charge on any atom is 0.586 e. The van der Waals surface area contributed by atoms with Gasteiger partial charge in [-0.1, -0.05) is 19.9 Å². The third-order valence-electron chi connectivity index (χ3n) is 6.33. The summed E-state index contributed by atoms with van der Waals surface area (Å²) in [5, 5.41) is 12.7. The molecule has 0 radical (unpaired) electrons. The minimum Gasteiger partial charge on any atom is -0.481 e. The van der Waals surface area contributed by atoms with Crippen molar-refractivity contribution in [3.8, 4) is 11.5 Å². The lowest BCUT2D eigenvalue weighted by Gasteiger charge is -2.37. The van der Waals surface area contributed by atoms with Crippen LogP contribution in [0, 0.1) is 0 Å². The monoisotopic (exact) mass is 476 g/mol. The summed E-state index contributed by atoms with van der Waals surface area (Å²) in [6.45, 7) is 8.03. The first-order valence-corrected chi connectivity index (χ1v) is 11.5. The van der Waals surface area contributed by atoms with E-state index in [4.69, 9.17) is 4.74 Å². The summed E-state index contributed by atoms with van der Waals surface area (Å²) in [5.41, 5.74) is 2.52. The van der Waals surface area contributed by atoms with Crippen LogP contribution in [0.2, 0.25) is 0 Å². The van der Waals surface area contributed by atoms with Crippen molar-refractivity contribution in [2.45, 2.75) is 57.8 Å². The van der Waals surface area contributed by atoms with Crippen molar-refractivity contribution >= 4 is 23.0 Å². The van der Waals surface area contributed by atoms with E-state index in [2.05, 4.69) is 26.6 Å². The van der Waals surface area contributed by atoms with Crippen LogP contribution in [-0.4, -0.2) is 43.2 Å². The molecule has 1 saturated heterocycles. The number of hydrogen-bond acceptors (Lipinski definition) is 6. The third kappa shape index (κ3) is 5.19. The molecule has 9 heteroatoms. The number of carbonyl (C=O) groups is 1. The third-order valence-corrected chi connectivity index (χ3v) is 6.33. The van der Waals surface area contributed by atoms with Crippen molar-refractivity contribution in [3.05, 3.63) is 42.0 Å². The fourth-order valence-electron chi connectivity index (χ4n) is 4.59. The largest absolute Gasteiger partial charge is 0.586 e. The van der Waals surface area contributed by atoms with Crippen LogP contribution < -0.4 is 19.7 Å². The Morgan fingerprint density at radius 2 is 1.85 bits per heavy atom. The Hall–Kier alpha value is -3.07. The maximum absolute atomic E-state index is 13.5. The van der Waals surface area contributed by atoms with Crippen LogP contribution in [0.25, 0.3) is 0 Å². The van der Waals surface area contributed by atoms with Gasteiger partial charge in [-0.15, -0.1) is 8.78 Å². The van der Waals surface area contributed by atoms with Gasteiger partial charge in [-0.2, -0.15) is 0 Å². The van der Waals surface area contributed by atoms with Crippen LogP contribution >= 0.6 is 0 Å². The number of hydrogen-bond donors (Lipinski definition) is 2. The molecule has 1 fully saturated rings. The minimum atomic E-state index is -3.69. The summed E-state index contributed by atoms with van der Waals surface area (Å²) in [5.74, 6) is -0.946. The Bertz CT molecular complexity index is 1050. The molecule has 0 spiro atoms. The van der Waals surface area contributed by atoms with Gasteiger partial charge in [0.2, 0.25) is 0 Å². The van der Waals surface area contributed by atoms with Gasteiger partial charge in [-0.3, -0.25) is 4.79 Å². The van der Waals surface area contributed by atoms with Gasteiger partial charge in [-0.05, 0) is 49.6 Å². The van der Waals surface area contributed by atoms with E-state index >= 15 is 0 Å². The Labute approximate surface area is 197 Å². The molecule has 7 nitrogen and oxygen atoms in total. The topological polar surface area (TPSA) is 80.3 Å². The van der Waals surface area contributed by atoms with Crippen molar-refractivity contribution in [1.29, 1.82) is 0 Å². The molecule has 184 valence electrons. The van der Waals surface area contributed by atoms with Crippen molar-refractivity contribution in [1.82, 2.24) is 0 Å². The summed E-state index contributed by atoms with van der Waals surface area (Å²) in [7, 11) is 0. The fourth-order valence-corrected chi connectivity index (χ4v) is 4.59. The van der Waals surface area contributed by atoms with E-state index in [1.54, 1.807) is 6.07 Å². The van der Waals surface area contributed by atoms with Crippen molar-refractivity contribution in [2.24, 2.45) is 0 Å². The first-order chi connectivity index (χ1) is 16.1. The highest BCUT2D eigenvalue weighted by Crippen LogP contribution is 2.44. The number of carboxylic acid groups (broad SMARTS) is 1. The number of rotatable bonds is 8. The number of nitrogens with one attached hydrogen (secondary N) is 1. The Morgan fingerprint density at radius 1 is 1.15 bits per heavy atom. The number of anilines is 3. The second kappa shape index (κ2) is 9.29. The molecule has 4 rings (SSSR count). The van der Waals surface area contributed by atoms with Crippen LogP contribution in [0.1, 0.15) is 45.6 Å². The van der Waals surface area contributed by atoms with E-state index in [0.29, 0.717) is 24.9 Å². The Kier molecular flexibility index (Phi) is 6.58. The van der Waals surface area contributed by atoms with Gasteiger partial charge in [0.1, 0.15) is 0 Å². The lowest BCUT2D eigenvalue weighted by Crippen LogP contribution is -2.39. The number of halogens is 2. The van der Waals surface area contributed by atoms with Crippen molar-refractivity contribution in [2.75, 3.05) is 30.0 Å². The highest BCUT2D eigenvalue weighted by Gasteiger charge is 2.43. The van der Waals surface area contributed by atoms with Gasteiger partial charge in [0.25, 0.3) is 0 Å². The molecular formula is C25H30F2N2O5. The molecule has 0 amide bonds. The Morgan fingerprint density at radius 3 is 2.53 bits per heavy atom. The quantitative estimate of drug-likeness (QED) is 0.520. The zero-order valence-electron chi connectivity index (χ0n) is 19.6. The molecule has 2 aliphatic rings. The first-order valence-electron chi connectivity index (χ1n) is 11.5. The molecule has 2 aromatic rings. The SMILES string of the molecule is CCN(c1ccc(C(C)(C)CC(=O)O)cc1Nc1ccc2c(c1)OC(F)(F)O2)C1CCOCC1. The van der Waals surface area contributed by atoms with Gasteiger partial charge in [0, 0.05) is 43.0 Å². The molecule has 34 heavy (non-hydrogen) atoms. The molecule has 2 heterocycles. The number of benzene rings is 2. The van der Waals surface area contributed by atoms with Gasteiger partial charge >= 0.3 is 12.3 Å². The fraction of sp³-hybridized carbons (Fsp3) is 0.480. The predicted octanol–water partition coefficient (Wildman–Crippen LogP) is 5.51. The predicted molar refractivity (Wildman–Crippen MR) is 125 cm³/mol. The van der Waals surface area contributed by atoms with Gasteiger partial charge in [0.05, 0.1) is 17.8 Å². The van der Waals surface area contributed by atoms with Crippen LogP contribution in [0.5, 0.6) is 11.5 Å². The van der Waals surface area contributed by atoms with Gasteiger partial charge in [-0.25, -0.2) is 0 Å². The molecule has 0 unspecified atom stereocenters. The average molecular weight is 477 g/mol. The van der Waals surface area contributed by atoms with E-state index in [0.717, 1.165) is 36.3 Å². The molecular weight excluding hydrogens is 446 g/mol. The number of fused-ring (bicyclic) bond motifs is 1. The van der Waals surface area contributed by atoms with E-state index in [1.807, 2.05) is 32.0 Å². The summed E-state index contributed by atoms with van der Waals surface area (Å²) in [4.78, 5) is 13.7. The van der Waals surface area contributed by atoms with Gasteiger partial charge in [0.15, 0.2) is 11.5 Å². The van der Waals surface area contributed by atoms with Crippen LogP contribution in [0.15, 0.2) is 36.4 Å². The van der Waals surface area contributed by atoms with E-state index in [9.17, 15) is 18.7 Å². The molecule has 0 aromatic heterocycles. The smallest absolute Gasteiger partial charge is 0.481 e. The number of carboxylic acids is 1. The average Bonchev–Trinajstić information content (AvgIpc) is 3.08. The first kappa shape index (κ1) is 24.1. The zero-order valence-corrected chi connectivity index (χ0v) is 19.6. The summed E-state index contributed by atoms with van der Waals surface area (Å²) >= 11 is 0. The van der Waals surface area contributed by atoms with Crippen LogP contribution in [-0.2, 0) is 14.9 Å². The summed E-state index contributed by atoms with van der Waals surface area (Å²) in [6, 6.07) is 10.8. The molecule has 2 aliphatic heterocycles. The van der Waals surface area contributed by atoms with E-state index in [-0.39, 0.29) is 17.9 Å². The minimum absolute atomic E-state index is 0.0236. The van der Waals surface area contributed by atoms with E-state index < -0.39 is 17.7 Å². The number of ether oxygens (including phenoxy) is 3. The number of nitrogens with zero attached hydrogens (tertiary/aromatic N) is 1.